The van der Waals surface area contributed by atoms with Crippen molar-refractivity contribution in [1.29, 1.82) is 0 Å². The molecule has 0 radical (unpaired) electrons. The Morgan fingerprint density at radius 1 is 0.857 bits per heavy atom. The molecule has 0 spiro atoms. The molecule has 0 aliphatic rings. The standard InChI is InChI=1S/C16H14N4O/c21-16(17-13-7-3-1-4-8-13)18-15-11-12-20(19-15)14-9-5-2-6-10-14/h1-12H,(H2,17,18,19,21). The van der Waals surface area contributed by atoms with Crippen molar-refractivity contribution >= 4 is 17.5 Å². The maximum Gasteiger partial charge on any atom is 0.324 e. The molecule has 3 rings (SSSR count). The van der Waals surface area contributed by atoms with E-state index in [1.807, 2.05) is 60.7 Å². The van der Waals surface area contributed by atoms with Crippen LogP contribution in [0.4, 0.5) is 16.3 Å². The lowest BCUT2D eigenvalue weighted by molar-refractivity contribution is 0.262. The Bertz CT molecular complexity index is 722. The topological polar surface area (TPSA) is 59.0 Å². The lowest BCUT2D eigenvalue weighted by Gasteiger charge is -2.05. The summed E-state index contributed by atoms with van der Waals surface area (Å²) in [6.07, 6.45) is 1.80. The third kappa shape index (κ3) is 3.27. The van der Waals surface area contributed by atoms with Gasteiger partial charge in [-0.1, -0.05) is 36.4 Å². The summed E-state index contributed by atoms with van der Waals surface area (Å²) in [5, 5.41) is 9.75. The van der Waals surface area contributed by atoms with Crippen molar-refractivity contribution in [2.75, 3.05) is 10.6 Å². The van der Waals surface area contributed by atoms with Crippen molar-refractivity contribution in [3.05, 3.63) is 72.9 Å². The van der Waals surface area contributed by atoms with Gasteiger partial charge in [-0.05, 0) is 24.3 Å². The van der Waals surface area contributed by atoms with Crippen molar-refractivity contribution in [1.82, 2.24) is 9.78 Å². The van der Waals surface area contributed by atoms with E-state index in [1.54, 1.807) is 16.9 Å². The van der Waals surface area contributed by atoms with Crippen LogP contribution in [0, 0.1) is 0 Å². The summed E-state index contributed by atoms with van der Waals surface area (Å²) in [7, 11) is 0. The van der Waals surface area contributed by atoms with E-state index in [9.17, 15) is 4.79 Å². The fourth-order valence-electron chi connectivity index (χ4n) is 1.92. The van der Waals surface area contributed by atoms with Crippen molar-refractivity contribution < 1.29 is 4.79 Å². The molecule has 5 heteroatoms. The molecule has 1 heterocycles. The van der Waals surface area contributed by atoms with Gasteiger partial charge < -0.3 is 5.32 Å². The molecule has 104 valence electrons. The number of carbonyl (C=O) groups is 1. The van der Waals surface area contributed by atoms with Crippen LogP contribution in [0.5, 0.6) is 0 Å². The Morgan fingerprint density at radius 3 is 2.24 bits per heavy atom. The second-order valence-corrected chi connectivity index (χ2v) is 4.43. The molecule has 1 aromatic heterocycles. The van der Waals surface area contributed by atoms with Gasteiger partial charge in [0.15, 0.2) is 5.82 Å². The third-order valence-corrected chi connectivity index (χ3v) is 2.88. The van der Waals surface area contributed by atoms with Crippen LogP contribution < -0.4 is 10.6 Å². The molecule has 3 aromatic rings. The maximum absolute atomic E-state index is 11.9. The molecule has 0 unspecified atom stereocenters. The van der Waals surface area contributed by atoms with E-state index in [4.69, 9.17) is 0 Å². The minimum Gasteiger partial charge on any atom is -0.308 e. The normalized spacial score (nSPS) is 10.1. The fraction of sp³-hybridized carbons (Fsp3) is 0. The highest BCUT2D eigenvalue weighted by molar-refractivity contribution is 5.99. The van der Waals surface area contributed by atoms with E-state index < -0.39 is 0 Å². The number of hydrogen-bond donors (Lipinski definition) is 2. The van der Waals surface area contributed by atoms with E-state index in [2.05, 4.69) is 15.7 Å². The molecule has 2 aromatic carbocycles. The molecule has 0 saturated carbocycles. The van der Waals surface area contributed by atoms with Gasteiger partial charge in [0.05, 0.1) is 5.69 Å². The quantitative estimate of drug-likeness (QED) is 0.770. The number of nitrogens with one attached hydrogen (secondary N) is 2. The van der Waals surface area contributed by atoms with Crippen molar-refractivity contribution in [3.8, 4) is 5.69 Å². The molecular formula is C16H14N4O. The van der Waals surface area contributed by atoms with E-state index in [0.717, 1.165) is 11.4 Å². The zero-order chi connectivity index (χ0) is 14.5. The summed E-state index contributed by atoms with van der Waals surface area (Å²) >= 11 is 0. The Kier molecular flexibility index (Phi) is 3.64. The number of carbonyl (C=O) groups excluding carboxylic acids is 1. The number of anilines is 2. The first kappa shape index (κ1) is 12.9. The van der Waals surface area contributed by atoms with Gasteiger partial charge in [-0.3, -0.25) is 5.32 Å². The average Bonchev–Trinajstić information content (AvgIpc) is 2.97. The van der Waals surface area contributed by atoms with Gasteiger partial charge in [0.2, 0.25) is 0 Å². The number of rotatable bonds is 3. The van der Waals surface area contributed by atoms with Crippen molar-refractivity contribution in [2.45, 2.75) is 0 Å². The molecule has 21 heavy (non-hydrogen) atoms. The van der Waals surface area contributed by atoms with E-state index in [1.165, 1.54) is 0 Å². The van der Waals surface area contributed by atoms with Crippen LogP contribution in [0.2, 0.25) is 0 Å². The van der Waals surface area contributed by atoms with Gasteiger partial charge in [0, 0.05) is 18.0 Å². The zero-order valence-electron chi connectivity index (χ0n) is 11.2. The minimum atomic E-state index is -0.320. The zero-order valence-corrected chi connectivity index (χ0v) is 11.2. The summed E-state index contributed by atoms with van der Waals surface area (Å²) in [6, 6.07) is 20.4. The first-order valence-electron chi connectivity index (χ1n) is 6.55. The van der Waals surface area contributed by atoms with Crippen LogP contribution in [-0.2, 0) is 0 Å². The SMILES string of the molecule is O=C(Nc1ccccc1)Nc1ccn(-c2ccccc2)n1. The third-order valence-electron chi connectivity index (χ3n) is 2.88. The molecule has 2 N–H and O–H groups in total. The van der Waals surface area contributed by atoms with Crippen LogP contribution in [0.25, 0.3) is 5.69 Å². The summed E-state index contributed by atoms with van der Waals surface area (Å²) in [5.74, 6) is 0.493. The van der Waals surface area contributed by atoms with Crippen LogP contribution in [0.1, 0.15) is 0 Å². The molecule has 0 saturated heterocycles. The van der Waals surface area contributed by atoms with Gasteiger partial charge in [0.1, 0.15) is 0 Å². The Morgan fingerprint density at radius 2 is 1.52 bits per heavy atom. The van der Waals surface area contributed by atoms with Crippen molar-refractivity contribution in [2.24, 2.45) is 0 Å². The lowest BCUT2D eigenvalue weighted by atomic mass is 10.3. The van der Waals surface area contributed by atoms with Gasteiger partial charge in [-0.15, -0.1) is 5.10 Å². The maximum atomic E-state index is 11.9. The second kappa shape index (κ2) is 5.92. The predicted octanol–water partition coefficient (Wildman–Crippen LogP) is 3.52. The molecule has 0 aliphatic heterocycles. The predicted molar refractivity (Wildman–Crippen MR) is 82.6 cm³/mol. The highest BCUT2D eigenvalue weighted by Crippen LogP contribution is 2.11. The van der Waals surface area contributed by atoms with E-state index in [-0.39, 0.29) is 6.03 Å². The Labute approximate surface area is 122 Å². The summed E-state index contributed by atoms with van der Waals surface area (Å²) in [6.45, 7) is 0. The Hall–Kier alpha value is -3.08. The lowest BCUT2D eigenvalue weighted by Crippen LogP contribution is -2.19. The molecule has 0 bridgehead atoms. The largest absolute Gasteiger partial charge is 0.324 e. The van der Waals surface area contributed by atoms with Crippen LogP contribution >= 0.6 is 0 Å². The fourth-order valence-corrected chi connectivity index (χ4v) is 1.92. The number of hydrogen-bond acceptors (Lipinski definition) is 2. The average molecular weight is 278 g/mol. The van der Waals surface area contributed by atoms with Crippen molar-refractivity contribution in [3.63, 3.8) is 0 Å². The molecule has 5 nitrogen and oxygen atoms in total. The number of nitrogens with zero attached hydrogens (tertiary/aromatic N) is 2. The highest BCUT2D eigenvalue weighted by atomic mass is 16.2. The summed E-state index contributed by atoms with van der Waals surface area (Å²) in [4.78, 5) is 11.9. The van der Waals surface area contributed by atoms with Gasteiger partial charge in [0.25, 0.3) is 0 Å². The number of benzene rings is 2. The summed E-state index contributed by atoms with van der Waals surface area (Å²) in [5.41, 5.74) is 1.67. The first-order chi connectivity index (χ1) is 10.3. The molecule has 2 amide bonds. The molecule has 0 atom stereocenters. The van der Waals surface area contributed by atoms with Gasteiger partial charge in [-0.25, -0.2) is 9.48 Å². The van der Waals surface area contributed by atoms with Gasteiger partial charge in [-0.2, -0.15) is 0 Å². The van der Waals surface area contributed by atoms with Crippen LogP contribution in [-0.4, -0.2) is 15.8 Å². The Balaban J connectivity index is 1.66. The summed E-state index contributed by atoms with van der Waals surface area (Å²) < 4.78 is 1.71. The monoisotopic (exact) mass is 278 g/mol. The first-order valence-corrected chi connectivity index (χ1v) is 6.55. The van der Waals surface area contributed by atoms with E-state index >= 15 is 0 Å². The number of urea groups is 1. The minimum absolute atomic E-state index is 0.320. The number of aromatic nitrogens is 2. The molecule has 0 aliphatic carbocycles. The highest BCUT2D eigenvalue weighted by Gasteiger charge is 2.05. The van der Waals surface area contributed by atoms with Crippen LogP contribution in [0.3, 0.4) is 0 Å². The molecule has 0 fully saturated rings. The number of para-hydroxylation sites is 2. The second-order valence-electron chi connectivity index (χ2n) is 4.43. The van der Waals surface area contributed by atoms with E-state index in [0.29, 0.717) is 5.82 Å². The van der Waals surface area contributed by atoms with Gasteiger partial charge >= 0.3 is 6.03 Å². The number of amides is 2. The van der Waals surface area contributed by atoms with Crippen LogP contribution in [0.15, 0.2) is 72.9 Å². The smallest absolute Gasteiger partial charge is 0.308 e. The molecular weight excluding hydrogens is 264 g/mol.